The zero-order chi connectivity index (χ0) is 23.0. The number of urea groups is 2. The van der Waals surface area contributed by atoms with E-state index in [1.165, 1.54) is 25.7 Å². The van der Waals surface area contributed by atoms with Crippen LogP contribution in [0.15, 0.2) is 0 Å². The number of carbonyl (C=O) groups excluding carboxylic acids is 2. The Hall–Kier alpha value is -1.54. The summed E-state index contributed by atoms with van der Waals surface area (Å²) < 4.78 is 0. The third kappa shape index (κ3) is 8.43. The van der Waals surface area contributed by atoms with E-state index in [9.17, 15) is 9.59 Å². The van der Waals surface area contributed by atoms with E-state index in [-0.39, 0.29) is 28.9 Å². The molecule has 8 nitrogen and oxygen atoms in total. The quantitative estimate of drug-likeness (QED) is 0.434. The smallest absolute Gasteiger partial charge is 0.315 e. The van der Waals surface area contributed by atoms with Crippen molar-refractivity contribution < 1.29 is 9.59 Å². The summed E-state index contributed by atoms with van der Waals surface area (Å²) in [6, 6.07) is -0.0320. The summed E-state index contributed by atoms with van der Waals surface area (Å²) in [5.74, 6) is 0. The molecule has 0 spiro atoms. The Labute approximate surface area is 194 Å². The van der Waals surface area contributed by atoms with Crippen LogP contribution in [0.3, 0.4) is 0 Å². The lowest BCUT2D eigenvalue weighted by Crippen LogP contribution is -2.53. The Balaban J connectivity index is 1.38. The summed E-state index contributed by atoms with van der Waals surface area (Å²) in [4.78, 5) is 29.6. The van der Waals surface area contributed by atoms with E-state index in [4.69, 9.17) is 0 Å². The van der Waals surface area contributed by atoms with Crippen LogP contribution in [-0.4, -0.2) is 86.8 Å². The molecule has 8 heteroatoms. The van der Waals surface area contributed by atoms with Gasteiger partial charge in [0.15, 0.2) is 0 Å². The second-order valence-corrected chi connectivity index (χ2v) is 11.4. The summed E-state index contributed by atoms with van der Waals surface area (Å²) in [5, 5.41) is 12.3. The summed E-state index contributed by atoms with van der Waals surface area (Å²) >= 11 is 0. The lowest BCUT2D eigenvalue weighted by atomic mass is 9.62. The van der Waals surface area contributed by atoms with Crippen LogP contribution in [0.1, 0.15) is 65.7 Å². The minimum atomic E-state index is -0.0852. The molecule has 2 atom stereocenters. The van der Waals surface area contributed by atoms with Gasteiger partial charge in [0, 0.05) is 38.8 Å². The van der Waals surface area contributed by atoms with Gasteiger partial charge in [-0.1, -0.05) is 20.8 Å². The van der Waals surface area contributed by atoms with Crippen molar-refractivity contribution in [2.75, 3.05) is 58.9 Å². The second kappa shape index (κ2) is 11.5. The zero-order valence-electron chi connectivity index (χ0n) is 20.6. The van der Waals surface area contributed by atoms with E-state index >= 15 is 0 Å². The highest BCUT2D eigenvalue weighted by atomic mass is 16.2. The Morgan fingerprint density at radius 3 is 1.88 bits per heavy atom. The minimum Gasteiger partial charge on any atom is -0.338 e. The van der Waals surface area contributed by atoms with Gasteiger partial charge in [-0.25, -0.2) is 9.59 Å². The standard InChI is InChI=1S/C24H46N6O2/c1-23(2)16-20(28-22(32)26-9-15-30-12-6-7-13-30)17-24(3,18-23)19-27-21(31)25-8-14-29-10-4-5-11-29/h20H,4-19H2,1-3H3,(H2,25,27,31)(H2,26,28,32). The van der Waals surface area contributed by atoms with Crippen molar-refractivity contribution in [3.63, 3.8) is 0 Å². The van der Waals surface area contributed by atoms with Gasteiger partial charge in [-0.05, 0) is 82.0 Å². The van der Waals surface area contributed by atoms with E-state index in [0.717, 1.165) is 58.5 Å². The normalized spacial score (nSPS) is 28.4. The van der Waals surface area contributed by atoms with Crippen LogP contribution in [0.5, 0.6) is 0 Å². The lowest BCUT2D eigenvalue weighted by molar-refractivity contribution is 0.0749. The highest BCUT2D eigenvalue weighted by Crippen LogP contribution is 2.45. The van der Waals surface area contributed by atoms with Gasteiger partial charge in [0.25, 0.3) is 0 Å². The molecule has 2 saturated heterocycles. The SMILES string of the molecule is CC1(C)CC(NC(=O)NCCN2CCCC2)CC(C)(CNC(=O)NCCN2CCCC2)C1. The number of amides is 4. The van der Waals surface area contributed by atoms with Crippen LogP contribution in [0, 0.1) is 10.8 Å². The van der Waals surface area contributed by atoms with Crippen molar-refractivity contribution in [2.45, 2.75) is 71.8 Å². The Morgan fingerprint density at radius 2 is 1.31 bits per heavy atom. The molecule has 2 heterocycles. The van der Waals surface area contributed by atoms with E-state index in [0.29, 0.717) is 19.6 Å². The number of hydrogen-bond acceptors (Lipinski definition) is 4. The van der Waals surface area contributed by atoms with Crippen LogP contribution in [0.4, 0.5) is 9.59 Å². The van der Waals surface area contributed by atoms with Gasteiger partial charge < -0.3 is 31.1 Å². The van der Waals surface area contributed by atoms with Crippen molar-refractivity contribution in [3.8, 4) is 0 Å². The topological polar surface area (TPSA) is 88.7 Å². The maximum atomic E-state index is 12.5. The van der Waals surface area contributed by atoms with Gasteiger partial charge in [0.2, 0.25) is 0 Å². The number of hydrogen-bond donors (Lipinski definition) is 4. The molecular weight excluding hydrogens is 404 g/mol. The van der Waals surface area contributed by atoms with Crippen molar-refractivity contribution >= 4 is 12.1 Å². The van der Waals surface area contributed by atoms with E-state index in [2.05, 4.69) is 51.8 Å². The first-order chi connectivity index (χ1) is 15.2. The maximum Gasteiger partial charge on any atom is 0.315 e. The van der Waals surface area contributed by atoms with Gasteiger partial charge in [-0.3, -0.25) is 0 Å². The fraction of sp³-hybridized carbons (Fsp3) is 0.917. The first-order valence-electron chi connectivity index (χ1n) is 12.7. The van der Waals surface area contributed by atoms with Crippen molar-refractivity contribution in [2.24, 2.45) is 10.8 Å². The molecule has 0 aromatic rings. The molecule has 4 amide bonds. The number of likely N-dealkylation sites (tertiary alicyclic amines) is 2. The Morgan fingerprint density at radius 1 is 0.781 bits per heavy atom. The molecule has 4 N–H and O–H groups in total. The molecule has 3 rings (SSSR count). The van der Waals surface area contributed by atoms with Crippen LogP contribution in [0.2, 0.25) is 0 Å². The predicted octanol–water partition coefficient (Wildman–Crippen LogP) is 2.36. The predicted molar refractivity (Wildman–Crippen MR) is 129 cm³/mol. The molecule has 3 aliphatic rings. The third-order valence-corrected chi connectivity index (χ3v) is 7.28. The number of carbonyl (C=O) groups is 2. The highest BCUT2D eigenvalue weighted by molar-refractivity contribution is 5.74. The summed E-state index contributed by atoms with van der Waals surface area (Å²) in [5.41, 5.74) is 0.0793. The monoisotopic (exact) mass is 450 g/mol. The largest absolute Gasteiger partial charge is 0.338 e. The van der Waals surface area contributed by atoms with Crippen LogP contribution < -0.4 is 21.3 Å². The number of nitrogens with one attached hydrogen (secondary N) is 4. The summed E-state index contributed by atoms with van der Waals surface area (Å²) in [7, 11) is 0. The second-order valence-electron chi connectivity index (χ2n) is 11.4. The molecule has 32 heavy (non-hydrogen) atoms. The molecule has 0 aromatic carbocycles. The van der Waals surface area contributed by atoms with Crippen molar-refractivity contribution in [1.82, 2.24) is 31.1 Å². The Bertz CT molecular complexity index is 616. The molecule has 2 aliphatic heterocycles. The van der Waals surface area contributed by atoms with Crippen molar-refractivity contribution in [1.29, 1.82) is 0 Å². The maximum absolute atomic E-state index is 12.5. The number of nitrogens with zero attached hydrogens (tertiary/aromatic N) is 2. The molecule has 0 aromatic heterocycles. The molecule has 1 saturated carbocycles. The van der Waals surface area contributed by atoms with Gasteiger partial charge >= 0.3 is 12.1 Å². The van der Waals surface area contributed by atoms with E-state index in [1.807, 2.05) is 0 Å². The van der Waals surface area contributed by atoms with E-state index < -0.39 is 0 Å². The Kier molecular flexibility index (Phi) is 9.05. The molecule has 1 aliphatic carbocycles. The van der Waals surface area contributed by atoms with Gasteiger partial charge in [0.1, 0.15) is 0 Å². The van der Waals surface area contributed by atoms with Crippen LogP contribution in [0.25, 0.3) is 0 Å². The summed E-state index contributed by atoms with van der Waals surface area (Å²) in [6.07, 6.45) is 7.95. The lowest BCUT2D eigenvalue weighted by Gasteiger charge is -2.46. The molecule has 2 unspecified atom stereocenters. The van der Waals surface area contributed by atoms with Crippen molar-refractivity contribution in [3.05, 3.63) is 0 Å². The van der Waals surface area contributed by atoms with Gasteiger partial charge in [-0.15, -0.1) is 0 Å². The minimum absolute atomic E-state index is 0.0401. The zero-order valence-corrected chi connectivity index (χ0v) is 20.6. The first-order valence-corrected chi connectivity index (χ1v) is 12.7. The highest BCUT2D eigenvalue weighted by Gasteiger charge is 2.41. The first kappa shape index (κ1) is 25.1. The average molecular weight is 451 g/mol. The van der Waals surface area contributed by atoms with Gasteiger partial charge in [-0.2, -0.15) is 0 Å². The molecule has 0 radical (unpaired) electrons. The molecule has 184 valence electrons. The third-order valence-electron chi connectivity index (χ3n) is 7.28. The van der Waals surface area contributed by atoms with Crippen LogP contribution >= 0.6 is 0 Å². The number of rotatable bonds is 9. The summed E-state index contributed by atoms with van der Waals surface area (Å²) in [6.45, 7) is 15.2. The van der Waals surface area contributed by atoms with E-state index in [1.54, 1.807) is 0 Å². The van der Waals surface area contributed by atoms with Gasteiger partial charge in [0.05, 0.1) is 0 Å². The molecule has 3 fully saturated rings. The molecule has 0 bridgehead atoms. The molecular formula is C24H46N6O2. The fourth-order valence-corrected chi connectivity index (χ4v) is 6.13. The fourth-order valence-electron chi connectivity index (χ4n) is 6.13. The van der Waals surface area contributed by atoms with Crippen LogP contribution in [-0.2, 0) is 0 Å². The average Bonchev–Trinajstić information content (AvgIpc) is 3.39.